The van der Waals surface area contributed by atoms with Gasteiger partial charge in [-0.15, -0.1) is 0 Å². The summed E-state index contributed by atoms with van der Waals surface area (Å²) in [6.07, 6.45) is 11.9. The van der Waals surface area contributed by atoms with Crippen LogP contribution in [0.3, 0.4) is 0 Å². The normalized spacial score (nSPS) is 33.1. The van der Waals surface area contributed by atoms with Gasteiger partial charge in [0, 0.05) is 12.0 Å². The zero-order chi connectivity index (χ0) is 10.6. The number of hydrogen-bond acceptors (Lipinski definition) is 1. The lowest BCUT2D eigenvalue weighted by molar-refractivity contribution is 0.579. The van der Waals surface area contributed by atoms with Crippen LogP contribution < -0.4 is 5.73 Å². The zero-order valence-electron chi connectivity index (χ0n) is 9.46. The van der Waals surface area contributed by atoms with Gasteiger partial charge in [0.1, 0.15) is 0 Å². The molecule has 0 saturated heterocycles. The molecule has 1 heteroatoms. The van der Waals surface area contributed by atoms with E-state index in [1.165, 1.54) is 12.0 Å². The topological polar surface area (TPSA) is 26.0 Å². The Balaban J connectivity index is 2.88. The van der Waals surface area contributed by atoms with E-state index >= 15 is 0 Å². The Labute approximate surface area is 87.4 Å². The molecule has 0 amide bonds. The maximum Gasteiger partial charge on any atom is 0.0104 e. The first-order valence-electron chi connectivity index (χ1n) is 5.37. The molecule has 2 N–H and O–H groups in total. The molecular weight excluding hydrogens is 170 g/mol. The van der Waals surface area contributed by atoms with Crippen LogP contribution in [0.4, 0.5) is 0 Å². The van der Waals surface area contributed by atoms with Crippen LogP contribution in [0.1, 0.15) is 27.2 Å². The molecule has 78 valence electrons. The summed E-state index contributed by atoms with van der Waals surface area (Å²) in [5, 5.41) is 0. The number of nitrogens with two attached hydrogens (primary N) is 1. The average molecular weight is 191 g/mol. The van der Waals surface area contributed by atoms with E-state index in [0.29, 0.717) is 0 Å². The van der Waals surface area contributed by atoms with Crippen LogP contribution in [0, 0.1) is 11.3 Å². The summed E-state index contributed by atoms with van der Waals surface area (Å²) in [5.41, 5.74) is 7.52. The summed E-state index contributed by atoms with van der Waals surface area (Å²) in [4.78, 5) is 0. The Morgan fingerprint density at radius 1 is 1.43 bits per heavy atom. The second-order valence-electron chi connectivity index (χ2n) is 4.11. The molecule has 0 aromatic carbocycles. The van der Waals surface area contributed by atoms with Crippen molar-refractivity contribution in [3.63, 3.8) is 0 Å². The summed E-state index contributed by atoms with van der Waals surface area (Å²) in [7, 11) is 0. The molecule has 2 unspecified atom stereocenters. The van der Waals surface area contributed by atoms with Crippen LogP contribution in [-0.4, -0.2) is 6.54 Å². The van der Waals surface area contributed by atoms with Crippen LogP contribution in [0.15, 0.2) is 36.0 Å². The van der Waals surface area contributed by atoms with Crippen molar-refractivity contribution in [1.82, 2.24) is 0 Å². The maximum absolute atomic E-state index is 5.86. The molecular formula is C13H21N. The minimum Gasteiger partial charge on any atom is -0.330 e. The molecule has 0 aliphatic heterocycles. The van der Waals surface area contributed by atoms with Gasteiger partial charge in [0.05, 0.1) is 0 Å². The second kappa shape index (κ2) is 4.61. The predicted molar refractivity (Wildman–Crippen MR) is 63.0 cm³/mol. The van der Waals surface area contributed by atoms with Crippen molar-refractivity contribution in [2.75, 3.05) is 6.54 Å². The Morgan fingerprint density at radius 3 is 2.43 bits per heavy atom. The lowest BCUT2D eigenvalue weighted by Crippen LogP contribution is -2.19. The van der Waals surface area contributed by atoms with Gasteiger partial charge in [-0.3, -0.25) is 0 Å². The molecule has 1 saturated carbocycles. The van der Waals surface area contributed by atoms with Gasteiger partial charge >= 0.3 is 0 Å². The monoisotopic (exact) mass is 191 g/mol. The van der Waals surface area contributed by atoms with E-state index in [0.717, 1.165) is 12.5 Å². The van der Waals surface area contributed by atoms with Crippen molar-refractivity contribution < 1.29 is 0 Å². The number of rotatable bonds is 4. The average Bonchev–Trinajstić information content (AvgIpc) is 2.85. The Bertz CT molecular complexity index is 269. The third-order valence-electron chi connectivity index (χ3n) is 3.21. The van der Waals surface area contributed by atoms with Crippen LogP contribution >= 0.6 is 0 Å². The Kier molecular flexibility index (Phi) is 3.70. The zero-order valence-corrected chi connectivity index (χ0v) is 9.46. The predicted octanol–water partition coefficient (Wildman–Crippen LogP) is 3.05. The van der Waals surface area contributed by atoms with Crippen molar-refractivity contribution in [1.29, 1.82) is 0 Å². The fraction of sp³-hybridized carbons (Fsp3) is 0.538. The molecule has 0 heterocycles. The Morgan fingerprint density at radius 2 is 2.07 bits per heavy atom. The molecule has 0 aromatic rings. The molecule has 1 rings (SSSR count). The molecule has 1 nitrogen and oxygen atoms in total. The molecule has 14 heavy (non-hydrogen) atoms. The molecule has 0 bridgehead atoms. The van der Waals surface area contributed by atoms with Gasteiger partial charge in [0.2, 0.25) is 0 Å². The van der Waals surface area contributed by atoms with Gasteiger partial charge in [-0.05, 0) is 31.8 Å². The van der Waals surface area contributed by atoms with E-state index in [1.54, 1.807) is 0 Å². The van der Waals surface area contributed by atoms with Gasteiger partial charge < -0.3 is 5.73 Å². The van der Waals surface area contributed by atoms with E-state index in [-0.39, 0.29) is 5.41 Å². The molecule has 2 atom stereocenters. The highest BCUT2D eigenvalue weighted by atomic mass is 14.7. The minimum absolute atomic E-state index is 0.270. The maximum atomic E-state index is 5.86. The van der Waals surface area contributed by atoms with Crippen molar-refractivity contribution in [3.8, 4) is 0 Å². The van der Waals surface area contributed by atoms with Crippen molar-refractivity contribution in [2.45, 2.75) is 27.2 Å². The van der Waals surface area contributed by atoms with E-state index in [1.807, 2.05) is 6.92 Å². The molecule has 1 aliphatic carbocycles. The second-order valence-corrected chi connectivity index (χ2v) is 4.11. The molecule has 0 aromatic heterocycles. The third kappa shape index (κ3) is 1.98. The highest BCUT2D eigenvalue weighted by Crippen LogP contribution is 2.57. The molecule has 1 fully saturated rings. The van der Waals surface area contributed by atoms with Gasteiger partial charge in [-0.25, -0.2) is 0 Å². The van der Waals surface area contributed by atoms with Gasteiger partial charge in [0.25, 0.3) is 0 Å². The van der Waals surface area contributed by atoms with E-state index in [9.17, 15) is 0 Å². The molecule has 1 aliphatic rings. The highest BCUT2D eigenvalue weighted by Gasteiger charge is 2.51. The van der Waals surface area contributed by atoms with Gasteiger partial charge in [0.15, 0.2) is 0 Å². The van der Waals surface area contributed by atoms with Crippen LogP contribution in [0.25, 0.3) is 0 Å². The first-order valence-corrected chi connectivity index (χ1v) is 5.37. The van der Waals surface area contributed by atoms with Crippen LogP contribution in [0.5, 0.6) is 0 Å². The quantitative estimate of drug-likeness (QED) is 0.679. The molecule has 0 spiro atoms. The van der Waals surface area contributed by atoms with Gasteiger partial charge in [-0.1, -0.05) is 37.3 Å². The van der Waals surface area contributed by atoms with Crippen molar-refractivity contribution in [3.05, 3.63) is 36.0 Å². The highest BCUT2D eigenvalue weighted by molar-refractivity contribution is 5.36. The molecule has 0 radical (unpaired) electrons. The number of allylic oxidation sites excluding steroid dienone is 5. The minimum atomic E-state index is 0.270. The number of hydrogen-bond donors (Lipinski definition) is 1. The van der Waals surface area contributed by atoms with Gasteiger partial charge in [-0.2, -0.15) is 0 Å². The summed E-state index contributed by atoms with van der Waals surface area (Å²) >= 11 is 0. The fourth-order valence-electron chi connectivity index (χ4n) is 2.06. The first-order chi connectivity index (χ1) is 6.71. The first kappa shape index (κ1) is 11.3. The lowest BCUT2D eigenvalue weighted by Gasteiger charge is -2.15. The SMILES string of the molecule is C\C=C/C=C(\C=C/C)C1(CN)CC1C. The largest absolute Gasteiger partial charge is 0.330 e. The van der Waals surface area contributed by atoms with E-state index in [2.05, 4.69) is 44.2 Å². The van der Waals surface area contributed by atoms with Crippen LogP contribution in [0.2, 0.25) is 0 Å². The standard InChI is InChI=1S/C13H21N/c1-4-6-8-12(7-5-2)13(10-14)9-11(13)3/h4-8,11H,9-10,14H2,1-3H3/b6-4-,7-5-,12-8+. The Hall–Kier alpha value is -0.820. The summed E-state index contributed by atoms with van der Waals surface area (Å²) in [6, 6.07) is 0. The summed E-state index contributed by atoms with van der Waals surface area (Å²) in [6.45, 7) is 7.14. The summed E-state index contributed by atoms with van der Waals surface area (Å²) < 4.78 is 0. The van der Waals surface area contributed by atoms with E-state index in [4.69, 9.17) is 5.73 Å². The van der Waals surface area contributed by atoms with Crippen molar-refractivity contribution in [2.24, 2.45) is 17.1 Å². The smallest absolute Gasteiger partial charge is 0.0104 e. The van der Waals surface area contributed by atoms with Crippen LogP contribution in [-0.2, 0) is 0 Å². The van der Waals surface area contributed by atoms with Crippen molar-refractivity contribution >= 4 is 0 Å². The fourth-order valence-corrected chi connectivity index (χ4v) is 2.06. The lowest BCUT2D eigenvalue weighted by atomic mass is 9.92. The summed E-state index contributed by atoms with van der Waals surface area (Å²) in [5.74, 6) is 0.736. The third-order valence-corrected chi connectivity index (χ3v) is 3.21. The van der Waals surface area contributed by atoms with E-state index < -0.39 is 0 Å².